The molecule has 0 bridgehead atoms. The first kappa shape index (κ1) is 13.3. The van der Waals surface area contributed by atoms with Crippen molar-refractivity contribution in [1.82, 2.24) is 5.32 Å². The zero-order chi connectivity index (χ0) is 11.9. The number of hydrogen-bond donors (Lipinski definition) is 1. The highest BCUT2D eigenvalue weighted by Crippen LogP contribution is 2.20. The van der Waals surface area contributed by atoms with Gasteiger partial charge in [0.15, 0.2) is 0 Å². The average Bonchev–Trinajstić information content (AvgIpc) is 2.75. The molecule has 3 nitrogen and oxygen atoms in total. The van der Waals surface area contributed by atoms with Gasteiger partial charge in [0.2, 0.25) is 0 Å². The van der Waals surface area contributed by atoms with Gasteiger partial charge in [0.25, 0.3) is 0 Å². The Labute approximate surface area is 105 Å². The Kier molecular flexibility index (Phi) is 5.75. The molecule has 3 heteroatoms. The van der Waals surface area contributed by atoms with Gasteiger partial charge in [-0.3, -0.25) is 0 Å². The fourth-order valence-corrected chi connectivity index (χ4v) is 3.03. The first-order valence-electron chi connectivity index (χ1n) is 7.26. The summed E-state index contributed by atoms with van der Waals surface area (Å²) in [6.07, 6.45) is 11.1. The van der Waals surface area contributed by atoms with E-state index in [9.17, 15) is 0 Å². The van der Waals surface area contributed by atoms with Gasteiger partial charge in [0.1, 0.15) is 0 Å². The van der Waals surface area contributed by atoms with E-state index in [1.807, 2.05) is 7.11 Å². The van der Waals surface area contributed by atoms with Gasteiger partial charge >= 0.3 is 0 Å². The van der Waals surface area contributed by atoms with Crippen LogP contribution in [0.4, 0.5) is 0 Å². The second kappa shape index (κ2) is 7.34. The Morgan fingerprint density at radius 2 is 2.06 bits per heavy atom. The second-order valence-electron chi connectivity index (χ2n) is 5.44. The Balaban J connectivity index is 1.58. The zero-order valence-electron chi connectivity index (χ0n) is 11.1. The Morgan fingerprint density at radius 1 is 1.12 bits per heavy atom. The number of rotatable bonds is 5. The molecule has 0 aromatic heterocycles. The third-order valence-electron chi connectivity index (χ3n) is 4.17. The fourth-order valence-electron chi connectivity index (χ4n) is 3.03. The summed E-state index contributed by atoms with van der Waals surface area (Å²) in [7, 11) is 1.84. The molecule has 0 aromatic rings. The van der Waals surface area contributed by atoms with Crippen LogP contribution in [-0.4, -0.2) is 38.5 Å². The monoisotopic (exact) mass is 241 g/mol. The maximum Gasteiger partial charge on any atom is 0.0588 e. The summed E-state index contributed by atoms with van der Waals surface area (Å²) in [5, 5.41) is 3.70. The SMILES string of the molecule is COC1CCCC(NCCC2CCCO2)CC1. The van der Waals surface area contributed by atoms with Crippen LogP contribution in [0.1, 0.15) is 51.4 Å². The maximum absolute atomic E-state index is 5.64. The van der Waals surface area contributed by atoms with Crippen LogP contribution in [0.5, 0.6) is 0 Å². The molecule has 1 aliphatic carbocycles. The van der Waals surface area contributed by atoms with Gasteiger partial charge in [-0.1, -0.05) is 0 Å². The van der Waals surface area contributed by atoms with E-state index < -0.39 is 0 Å². The first-order valence-corrected chi connectivity index (χ1v) is 7.26. The molecular formula is C14H27NO2. The summed E-state index contributed by atoms with van der Waals surface area (Å²) in [6, 6.07) is 0.705. The van der Waals surface area contributed by atoms with Gasteiger partial charge in [0.05, 0.1) is 12.2 Å². The Hall–Kier alpha value is -0.120. The van der Waals surface area contributed by atoms with Gasteiger partial charge in [-0.05, 0) is 57.9 Å². The summed E-state index contributed by atoms with van der Waals surface area (Å²) in [4.78, 5) is 0. The molecule has 1 N–H and O–H groups in total. The molecule has 2 fully saturated rings. The largest absolute Gasteiger partial charge is 0.381 e. The summed E-state index contributed by atoms with van der Waals surface area (Å²) in [5.74, 6) is 0. The number of hydrogen-bond acceptors (Lipinski definition) is 3. The predicted octanol–water partition coefficient (Wildman–Crippen LogP) is 2.49. The summed E-state index contributed by atoms with van der Waals surface area (Å²) < 4.78 is 11.1. The van der Waals surface area contributed by atoms with Crippen molar-refractivity contribution in [1.29, 1.82) is 0 Å². The van der Waals surface area contributed by atoms with Crippen LogP contribution in [0, 0.1) is 0 Å². The first-order chi connectivity index (χ1) is 8.38. The lowest BCUT2D eigenvalue weighted by Crippen LogP contribution is -2.31. The van der Waals surface area contributed by atoms with Crippen molar-refractivity contribution in [2.75, 3.05) is 20.3 Å². The molecule has 3 unspecified atom stereocenters. The van der Waals surface area contributed by atoms with Crippen molar-refractivity contribution in [2.45, 2.75) is 69.6 Å². The van der Waals surface area contributed by atoms with Crippen LogP contribution in [-0.2, 0) is 9.47 Å². The van der Waals surface area contributed by atoms with E-state index in [0.717, 1.165) is 13.2 Å². The van der Waals surface area contributed by atoms with Crippen LogP contribution in [0.3, 0.4) is 0 Å². The smallest absolute Gasteiger partial charge is 0.0588 e. The number of nitrogens with one attached hydrogen (secondary N) is 1. The van der Waals surface area contributed by atoms with Crippen molar-refractivity contribution >= 4 is 0 Å². The lowest BCUT2D eigenvalue weighted by atomic mass is 10.1. The third kappa shape index (κ3) is 4.57. The standard InChI is InChI=1S/C14H27NO2/c1-16-13-5-2-4-12(7-8-13)15-10-9-14-6-3-11-17-14/h12-15H,2-11H2,1H3. The minimum Gasteiger partial charge on any atom is -0.381 e. The zero-order valence-corrected chi connectivity index (χ0v) is 11.1. The van der Waals surface area contributed by atoms with E-state index in [1.54, 1.807) is 0 Å². The molecule has 1 saturated carbocycles. The molecule has 3 atom stereocenters. The molecule has 1 saturated heterocycles. The van der Waals surface area contributed by atoms with E-state index in [-0.39, 0.29) is 0 Å². The molecular weight excluding hydrogens is 214 g/mol. The van der Waals surface area contributed by atoms with Crippen molar-refractivity contribution < 1.29 is 9.47 Å². The Morgan fingerprint density at radius 3 is 2.82 bits per heavy atom. The van der Waals surface area contributed by atoms with Crippen molar-refractivity contribution in [3.8, 4) is 0 Å². The predicted molar refractivity (Wildman–Crippen MR) is 69.3 cm³/mol. The molecule has 17 heavy (non-hydrogen) atoms. The summed E-state index contributed by atoms with van der Waals surface area (Å²) in [6.45, 7) is 2.09. The average molecular weight is 241 g/mol. The summed E-state index contributed by atoms with van der Waals surface area (Å²) in [5.41, 5.74) is 0. The molecule has 0 radical (unpaired) electrons. The molecule has 1 aliphatic heterocycles. The van der Waals surface area contributed by atoms with E-state index in [0.29, 0.717) is 18.2 Å². The van der Waals surface area contributed by atoms with Crippen LogP contribution in [0.15, 0.2) is 0 Å². The van der Waals surface area contributed by atoms with E-state index in [4.69, 9.17) is 9.47 Å². The molecule has 2 aliphatic rings. The van der Waals surface area contributed by atoms with Crippen molar-refractivity contribution in [3.63, 3.8) is 0 Å². The van der Waals surface area contributed by atoms with Crippen LogP contribution < -0.4 is 5.32 Å². The fraction of sp³-hybridized carbons (Fsp3) is 1.00. The Bertz CT molecular complexity index is 204. The highest BCUT2D eigenvalue weighted by Gasteiger charge is 2.19. The molecule has 0 aromatic carbocycles. The molecule has 0 amide bonds. The summed E-state index contributed by atoms with van der Waals surface area (Å²) >= 11 is 0. The van der Waals surface area contributed by atoms with Gasteiger partial charge in [-0.2, -0.15) is 0 Å². The van der Waals surface area contributed by atoms with Crippen LogP contribution >= 0.6 is 0 Å². The highest BCUT2D eigenvalue weighted by atomic mass is 16.5. The molecule has 2 rings (SSSR count). The van der Waals surface area contributed by atoms with E-state index in [2.05, 4.69) is 5.32 Å². The van der Waals surface area contributed by atoms with Crippen LogP contribution in [0.2, 0.25) is 0 Å². The maximum atomic E-state index is 5.64. The van der Waals surface area contributed by atoms with Crippen molar-refractivity contribution in [2.24, 2.45) is 0 Å². The van der Waals surface area contributed by atoms with Gasteiger partial charge in [-0.25, -0.2) is 0 Å². The van der Waals surface area contributed by atoms with Gasteiger partial charge in [0, 0.05) is 19.8 Å². The molecule has 100 valence electrons. The topological polar surface area (TPSA) is 30.5 Å². The number of ether oxygens (including phenoxy) is 2. The molecule has 1 heterocycles. The molecule has 0 spiro atoms. The quantitative estimate of drug-likeness (QED) is 0.750. The lowest BCUT2D eigenvalue weighted by molar-refractivity contribution is 0.0890. The highest BCUT2D eigenvalue weighted by molar-refractivity contribution is 4.76. The second-order valence-corrected chi connectivity index (χ2v) is 5.44. The minimum atomic E-state index is 0.500. The number of methoxy groups -OCH3 is 1. The third-order valence-corrected chi connectivity index (χ3v) is 4.17. The lowest BCUT2D eigenvalue weighted by Gasteiger charge is -2.18. The minimum absolute atomic E-state index is 0.500. The van der Waals surface area contributed by atoms with Gasteiger partial charge < -0.3 is 14.8 Å². The van der Waals surface area contributed by atoms with E-state index >= 15 is 0 Å². The van der Waals surface area contributed by atoms with E-state index in [1.165, 1.54) is 51.4 Å². The van der Waals surface area contributed by atoms with Gasteiger partial charge in [-0.15, -0.1) is 0 Å². The normalized spacial score (nSPS) is 34.8. The van der Waals surface area contributed by atoms with Crippen LogP contribution in [0.25, 0.3) is 0 Å². The van der Waals surface area contributed by atoms with Crippen molar-refractivity contribution in [3.05, 3.63) is 0 Å².